The molecular weight excluding hydrogens is 226 g/mol. The number of hydrogen-bond donors (Lipinski definition) is 1. The lowest BCUT2D eigenvalue weighted by Gasteiger charge is -2.20. The van der Waals surface area contributed by atoms with Crippen LogP contribution in [0.1, 0.15) is 15.9 Å². The monoisotopic (exact) mass is 241 g/mol. The number of phenols is 1. The Hall–Kier alpha value is -2.29. The van der Waals surface area contributed by atoms with Gasteiger partial charge in [0.15, 0.2) is 6.29 Å². The molecule has 3 heteroatoms. The van der Waals surface area contributed by atoms with Crippen LogP contribution in [0, 0.1) is 6.92 Å². The van der Waals surface area contributed by atoms with E-state index >= 15 is 0 Å². The number of benzene rings is 2. The molecule has 0 saturated carbocycles. The zero-order chi connectivity index (χ0) is 13.1. The molecule has 0 saturated heterocycles. The number of aryl methyl sites for hydroxylation is 1. The van der Waals surface area contributed by atoms with Gasteiger partial charge >= 0.3 is 0 Å². The van der Waals surface area contributed by atoms with Crippen molar-refractivity contribution in [3.63, 3.8) is 0 Å². The molecule has 0 bridgehead atoms. The zero-order valence-electron chi connectivity index (χ0n) is 10.4. The summed E-state index contributed by atoms with van der Waals surface area (Å²) in [6.07, 6.45) is 0.644. The molecule has 0 atom stereocenters. The van der Waals surface area contributed by atoms with Crippen LogP contribution >= 0.6 is 0 Å². The Morgan fingerprint density at radius 3 is 2.22 bits per heavy atom. The Bertz CT molecular complexity index is 561. The van der Waals surface area contributed by atoms with Crippen molar-refractivity contribution >= 4 is 17.7 Å². The summed E-state index contributed by atoms with van der Waals surface area (Å²) in [4.78, 5) is 12.6. The third-order valence-corrected chi connectivity index (χ3v) is 2.95. The van der Waals surface area contributed by atoms with Crippen LogP contribution in [0.25, 0.3) is 0 Å². The predicted octanol–water partition coefficient (Wildman–Crippen LogP) is 3.28. The Labute approximate surface area is 106 Å². The molecule has 0 aliphatic carbocycles. The van der Waals surface area contributed by atoms with E-state index in [1.54, 1.807) is 12.1 Å². The second kappa shape index (κ2) is 4.92. The third kappa shape index (κ3) is 2.35. The molecule has 0 aliphatic heterocycles. The van der Waals surface area contributed by atoms with E-state index in [1.165, 1.54) is 5.56 Å². The van der Waals surface area contributed by atoms with E-state index in [2.05, 4.69) is 0 Å². The molecule has 18 heavy (non-hydrogen) atoms. The quantitative estimate of drug-likeness (QED) is 0.838. The maximum atomic E-state index is 10.6. The Kier molecular flexibility index (Phi) is 3.33. The van der Waals surface area contributed by atoms with E-state index in [0.717, 1.165) is 11.4 Å². The van der Waals surface area contributed by atoms with Gasteiger partial charge in [0, 0.05) is 24.5 Å². The molecule has 0 amide bonds. The van der Waals surface area contributed by atoms with E-state index in [9.17, 15) is 9.90 Å². The number of phenolic OH excluding ortho intramolecular Hbond substituents is 1. The topological polar surface area (TPSA) is 40.5 Å². The highest BCUT2D eigenvalue weighted by Gasteiger charge is 2.07. The first-order valence-corrected chi connectivity index (χ1v) is 5.70. The lowest BCUT2D eigenvalue weighted by atomic mass is 10.1. The molecule has 1 N–H and O–H groups in total. The molecule has 2 rings (SSSR count). The van der Waals surface area contributed by atoms with E-state index in [-0.39, 0.29) is 5.75 Å². The number of carbonyl (C=O) groups excluding carboxylic acids is 1. The minimum absolute atomic E-state index is 0.00135. The highest BCUT2D eigenvalue weighted by molar-refractivity contribution is 5.81. The van der Waals surface area contributed by atoms with Gasteiger partial charge in [0.2, 0.25) is 0 Å². The van der Waals surface area contributed by atoms with Crippen molar-refractivity contribution in [3.8, 4) is 5.75 Å². The Morgan fingerprint density at radius 1 is 1.06 bits per heavy atom. The number of aromatic hydroxyl groups is 1. The fourth-order valence-corrected chi connectivity index (χ4v) is 1.76. The van der Waals surface area contributed by atoms with Crippen molar-refractivity contribution in [2.24, 2.45) is 0 Å². The van der Waals surface area contributed by atoms with E-state index in [0.29, 0.717) is 11.8 Å². The van der Waals surface area contributed by atoms with Crippen molar-refractivity contribution in [1.82, 2.24) is 0 Å². The summed E-state index contributed by atoms with van der Waals surface area (Å²) in [7, 11) is 1.92. The summed E-state index contributed by atoms with van der Waals surface area (Å²) in [5.41, 5.74) is 3.36. The average Bonchev–Trinajstić information content (AvgIpc) is 2.38. The lowest BCUT2D eigenvalue weighted by molar-refractivity contribution is 0.112. The normalized spacial score (nSPS) is 10.1. The van der Waals surface area contributed by atoms with Crippen molar-refractivity contribution in [3.05, 3.63) is 53.6 Å². The number of anilines is 2. The number of carbonyl (C=O) groups is 1. The number of hydrogen-bond acceptors (Lipinski definition) is 3. The van der Waals surface area contributed by atoms with Gasteiger partial charge in [-0.05, 0) is 31.2 Å². The van der Waals surface area contributed by atoms with Gasteiger partial charge in [-0.1, -0.05) is 17.7 Å². The summed E-state index contributed by atoms with van der Waals surface area (Å²) in [6.45, 7) is 2.04. The number of aldehydes is 1. The van der Waals surface area contributed by atoms with Crippen molar-refractivity contribution < 1.29 is 9.90 Å². The summed E-state index contributed by atoms with van der Waals surface area (Å²) < 4.78 is 0. The predicted molar refractivity (Wildman–Crippen MR) is 72.7 cm³/mol. The van der Waals surface area contributed by atoms with Crippen LogP contribution in [0.3, 0.4) is 0 Å². The first kappa shape index (κ1) is 12.2. The fourth-order valence-electron chi connectivity index (χ4n) is 1.76. The van der Waals surface area contributed by atoms with Gasteiger partial charge in [0.05, 0.1) is 5.56 Å². The molecule has 2 aromatic rings. The van der Waals surface area contributed by atoms with Crippen LogP contribution in [-0.2, 0) is 0 Å². The second-order valence-corrected chi connectivity index (χ2v) is 4.26. The maximum Gasteiger partial charge on any atom is 0.153 e. The molecule has 0 aromatic heterocycles. The van der Waals surface area contributed by atoms with Crippen molar-refractivity contribution in [2.75, 3.05) is 11.9 Å². The molecule has 0 aliphatic rings. The largest absolute Gasteiger partial charge is 0.507 e. The SMILES string of the molecule is Cc1ccc(N(C)c2ccc(C=O)c(O)c2)cc1. The van der Waals surface area contributed by atoms with Crippen molar-refractivity contribution in [2.45, 2.75) is 6.92 Å². The summed E-state index contributed by atoms with van der Waals surface area (Å²) >= 11 is 0. The van der Waals surface area contributed by atoms with Crippen LogP contribution < -0.4 is 4.90 Å². The maximum absolute atomic E-state index is 10.6. The summed E-state index contributed by atoms with van der Waals surface area (Å²) in [5, 5.41) is 9.67. The van der Waals surface area contributed by atoms with Crippen LogP contribution in [0.5, 0.6) is 5.75 Å². The molecular formula is C15H15NO2. The summed E-state index contributed by atoms with van der Waals surface area (Å²) in [6, 6.07) is 13.1. The smallest absolute Gasteiger partial charge is 0.153 e. The Balaban J connectivity index is 2.33. The van der Waals surface area contributed by atoms with Crippen LogP contribution in [0.2, 0.25) is 0 Å². The van der Waals surface area contributed by atoms with E-state index in [1.807, 2.05) is 49.2 Å². The molecule has 3 nitrogen and oxygen atoms in total. The summed E-state index contributed by atoms with van der Waals surface area (Å²) in [5.74, 6) is 0.00135. The van der Waals surface area contributed by atoms with Gasteiger partial charge in [-0.25, -0.2) is 0 Å². The Morgan fingerprint density at radius 2 is 1.67 bits per heavy atom. The van der Waals surface area contributed by atoms with Gasteiger partial charge in [0.25, 0.3) is 0 Å². The molecule has 0 heterocycles. The minimum atomic E-state index is 0.00135. The van der Waals surface area contributed by atoms with Gasteiger partial charge in [-0.3, -0.25) is 4.79 Å². The molecule has 0 fully saturated rings. The standard InChI is InChI=1S/C15H15NO2/c1-11-3-6-13(7-4-11)16(2)14-8-5-12(10-17)15(18)9-14/h3-10,18H,1-2H3. The van der Waals surface area contributed by atoms with Crippen molar-refractivity contribution in [1.29, 1.82) is 0 Å². The van der Waals surface area contributed by atoms with E-state index in [4.69, 9.17) is 0 Å². The molecule has 0 unspecified atom stereocenters. The average molecular weight is 241 g/mol. The first-order chi connectivity index (χ1) is 8.61. The lowest BCUT2D eigenvalue weighted by Crippen LogP contribution is -2.09. The third-order valence-electron chi connectivity index (χ3n) is 2.95. The number of rotatable bonds is 3. The number of nitrogens with zero attached hydrogens (tertiary/aromatic N) is 1. The molecule has 0 spiro atoms. The van der Waals surface area contributed by atoms with Crippen LogP contribution in [-0.4, -0.2) is 18.4 Å². The highest BCUT2D eigenvalue weighted by Crippen LogP contribution is 2.28. The fraction of sp³-hybridized carbons (Fsp3) is 0.133. The van der Waals surface area contributed by atoms with Gasteiger partial charge < -0.3 is 10.0 Å². The van der Waals surface area contributed by atoms with Crippen LogP contribution in [0.4, 0.5) is 11.4 Å². The highest BCUT2D eigenvalue weighted by atomic mass is 16.3. The first-order valence-electron chi connectivity index (χ1n) is 5.70. The van der Waals surface area contributed by atoms with Crippen LogP contribution in [0.15, 0.2) is 42.5 Å². The second-order valence-electron chi connectivity index (χ2n) is 4.26. The molecule has 2 aromatic carbocycles. The minimum Gasteiger partial charge on any atom is -0.507 e. The molecule has 92 valence electrons. The van der Waals surface area contributed by atoms with E-state index < -0.39 is 0 Å². The van der Waals surface area contributed by atoms with Gasteiger partial charge in [-0.15, -0.1) is 0 Å². The molecule has 0 radical (unpaired) electrons. The zero-order valence-corrected chi connectivity index (χ0v) is 10.4. The van der Waals surface area contributed by atoms with Gasteiger partial charge in [0.1, 0.15) is 5.75 Å². The van der Waals surface area contributed by atoms with Gasteiger partial charge in [-0.2, -0.15) is 0 Å².